The summed E-state index contributed by atoms with van der Waals surface area (Å²) in [6, 6.07) is 7.49. The molecule has 0 bridgehead atoms. The molecule has 1 atom stereocenters. The number of carbonyl (C=O) groups excluding carboxylic acids is 1. The number of para-hydroxylation sites is 1. The number of aliphatic hydroxyl groups is 1. The van der Waals surface area contributed by atoms with Crippen LogP contribution in [0.3, 0.4) is 0 Å². The monoisotopic (exact) mass is 265 g/mol. The molecule has 0 saturated heterocycles. The Morgan fingerprint density at radius 3 is 2.68 bits per heavy atom. The van der Waals surface area contributed by atoms with Crippen molar-refractivity contribution in [2.75, 3.05) is 20.7 Å². The van der Waals surface area contributed by atoms with Gasteiger partial charge in [0.25, 0.3) is 0 Å². The number of benzene rings is 1. The van der Waals surface area contributed by atoms with Gasteiger partial charge in [0, 0.05) is 26.1 Å². The normalized spacial score (nSPS) is 12.0. The fraction of sp³-hybridized carbons (Fsp3) is 0.533. The topological polar surface area (TPSA) is 49.8 Å². The van der Waals surface area contributed by atoms with Gasteiger partial charge in [-0.1, -0.05) is 25.1 Å². The Kier molecular flexibility index (Phi) is 6.36. The Morgan fingerprint density at radius 2 is 2.05 bits per heavy atom. The van der Waals surface area contributed by atoms with Crippen LogP contribution in [0.2, 0.25) is 0 Å². The molecule has 0 heterocycles. The summed E-state index contributed by atoms with van der Waals surface area (Å²) in [4.78, 5) is 13.0. The number of hydrogen-bond acceptors (Lipinski definition) is 3. The van der Waals surface area contributed by atoms with Crippen LogP contribution in [0.1, 0.15) is 37.9 Å². The van der Waals surface area contributed by atoms with E-state index >= 15 is 0 Å². The Morgan fingerprint density at radius 1 is 1.37 bits per heavy atom. The quantitative estimate of drug-likeness (QED) is 0.770. The van der Waals surface area contributed by atoms with E-state index in [-0.39, 0.29) is 5.91 Å². The maximum absolute atomic E-state index is 11.4. The summed E-state index contributed by atoms with van der Waals surface area (Å²) < 4.78 is 5.66. The molecule has 0 aliphatic heterocycles. The van der Waals surface area contributed by atoms with Crippen molar-refractivity contribution in [1.82, 2.24) is 4.90 Å². The van der Waals surface area contributed by atoms with Crippen molar-refractivity contribution in [2.24, 2.45) is 0 Å². The number of hydrogen-bond donors (Lipinski definition) is 1. The van der Waals surface area contributed by atoms with Crippen molar-refractivity contribution < 1.29 is 14.6 Å². The molecule has 1 rings (SSSR count). The van der Waals surface area contributed by atoms with Crippen LogP contribution in [0.15, 0.2) is 24.3 Å². The minimum atomic E-state index is -0.500. The number of carbonyl (C=O) groups is 1. The first-order valence-electron chi connectivity index (χ1n) is 6.66. The highest BCUT2D eigenvalue weighted by Gasteiger charge is 2.11. The van der Waals surface area contributed by atoms with Crippen LogP contribution >= 0.6 is 0 Å². The molecule has 4 nitrogen and oxygen atoms in total. The first-order chi connectivity index (χ1) is 9.06. The highest BCUT2D eigenvalue weighted by Crippen LogP contribution is 2.26. The lowest BCUT2D eigenvalue weighted by Gasteiger charge is -2.15. The number of aliphatic hydroxyl groups excluding tert-OH is 1. The zero-order chi connectivity index (χ0) is 14.3. The average Bonchev–Trinajstić information content (AvgIpc) is 2.42. The van der Waals surface area contributed by atoms with Gasteiger partial charge in [-0.3, -0.25) is 4.79 Å². The minimum Gasteiger partial charge on any atom is -0.493 e. The standard InChI is InChI=1S/C15H23NO3/c1-4-13(17)12-8-5-6-9-14(12)19-11-7-10-15(18)16(2)3/h5-6,8-9,13,17H,4,7,10-11H2,1-3H3/t13-/m0/s1. The van der Waals surface area contributed by atoms with Gasteiger partial charge in [-0.2, -0.15) is 0 Å². The van der Waals surface area contributed by atoms with Gasteiger partial charge in [0.2, 0.25) is 5.91 Å². The van der Waals surface area contributed by atoms with Gasteiger partial charge in [-0.25, -0.2) is 0 Å². The Bertz CT molecular complexity index is 404. The van der Waals surface area contributed by atoms with Crippen LogP contribution in [0.5, 0.6) is 5.75 Å². The predicted octanol–water partition coefficient (Wildman–Crippen LogP) is 2.38. The van der Waals surface area contributed by atoms with E-state index in [1.54, 1.807) is 19.0 Å². The van der Waals surface area contributed by atoms with E-state index in [4.69, 9.17) is 4.74 Å². The zero-order valence-corrected chi connectivity index (χ0v) is 11.9. The lowest BCUT2D eigenvalue weighted by atomic mass is 10.1. The molecule has 0 aliphatic carbocycles. The molecule has 0 aromatic heterocycles. The van der Waals surface area contributed by atoms with E-state index < -0.39 is 6.10 Å². The first-order valence-corrected chi connectivity index (χ1v) is 6.66. The van der Waals surface area contributed by atoms with Crippen LogP contribution in [-0.4, -0.2) is 36.6 Å². The number of amides is 1. The lowest BCUT2D eigenvalue weighted by Crippen LogP contribution is -2.21. The lowest BCUT2D eigenvalue weighted by molar-refractivity contribution is -0.128. The molecule has 4 heteroatoms. The smallest absolute Gasteiger partial charge is 0.222 e. The summed E-state index contributed by atoms with van der Waals surface area (Å²) in [5.74, 6) is 0.805. The Labute approximate surface area is 115 Å². The van der Waals surface area contributed by atoms with E-state index in [1.165, 1.54) is 0 Å². The van der Waals surface area contributed by atoms with Crippen molar-refractivity contribution in [3.8, 4) is 5.75 Å². The zero-order valence-electron chi connectivity index (χ0n) is 11.9. The largest absolute Gasteiger partial charge is 0.493 e. The third kappa shape index (κ3) is 4.91. The van der Waals surface area contributed by atoms with Crippen molar-refractivity contribution in [2.45, 2.75) is 32.3 Å². The van der Waals surface area contributed by atoms with E-state index in [0.717, 1.165) is 5.56 Å². The van der Waals surface area contributed by atoms with E-state index in [0.29, 0.717) is 31.6 Å². The molecule has 0 radical (unpaired) electrons. The maximum atomic E-state index is 11.4. The summed E-state index contributed by atoms with van der Waals surface area (Å²) in [5, 5.41) is 9.89. The Hall–Kier alpha value is -1.55. The van der Waals surface area contributed by atoms with Crippen LogP contribution in [0.25, 0.3) is 0 Å². The van der Waals surface area contributed by atoms with E-state index in [2.05, 4.69) is 0 Å². The van der Waals surface area contributed by atoms with Gasteiger partial charge in [0.05, 0.1) is 12.7 Å². The molecule has 0 spiro atoms. The third-order valence-electron chi connectivity index (χ3n) is 2.96. The van der Waals surface area contributed by atoms with Crippen LogP contribution < -0.4 is 4.74 Å². The molecule has 1 aromatic rings. The highest BCUT2D eigenvalue weighted by atomic mass is 16.5. The molecule has 106 valence electrons. The maximum Gasteiger partial charge on any atom is 0.222 e. The molecule has 19 heavy (non-hydrogen) atoms. The highest BCUT2D eigenvalue weighted by molar-refractivity contribution is 5.75. The molecule has 1 N–H and O–H groups in total. The van der Waals surface area contributed by atoms with Crippen LogP contribution in [0.4, 0.5) is 0 Å². The summed E-state index contributed by atoms with van der Waals surface area (Å²) in [6.45, 7) is 2.41. The van der Waals surface area contributed by atoms with Gasteiger partial charge < -0.3 is 14.7 Å². The number of ether oxygens (including phenoxy) is 1. The van der Waals surface area contributed by atoms with Crippen molar-refractivity contribution in [1.29, 1.82) is 0 Å². The minimum absolute atomic E-state index is 0.102. The third-order valence-corrected chi connectivity index (χ3v) is 2.96. The van der Waals surface area contributed by atoms with Crippen molar-refractivity contribution in [3.05, 3.63) is 29.8 Å². The van der Waals surface area contributed by atoms with Gasteiger partial charge in [0.1, 0.15) is 5.75 Å². The molecule has 0 unspecified atom stereocenters. The SMILES string of the molecule is CC[C@H](O)c1ccccc1OCCCC(=O)N(C)C. The van der Waals surface area contributed by atoms with Crippen LogP contribution in [-0.2, 0) is 4.79 Å². The Balaban J connectivity index is 2.47. The molecule has 0 saturated carbocycles. The van der Waals surface area contributed by atoms with Crippen molar-refractivity contribution >= 4 is 5.91 Å². The van der Waals surface area contributed by atoms with Gasteiger partial charge >= 0.3 is 0 Å². The van der Waals surface area contributed by atoms with E-state index in [1.807, 2.05) is 31.2 Å². The number of rotatable bonds is 7. The second-order valence-electron chi connectivity index (χ2n) is 4.70. The summed E-state index contributed by atoms with van der Waals surface area (Å²) in [5.41, 5.74) is 0.809. The number of nitrogens with zero attached hydrogens (tertiary/aromatic N) is 1. The van der Waals surface area contributed by atoms with Crippen molar-refractivity contribution in [3.63, 3.8) is 0 Å². The van der Waals surface area contributed by atoms with Gasteiger partial charge in [-0.05, 0) is 18.9 Å². The average molecular weight is 265 g/mol. The molecule has 1 amide bonds. The van der Waals surface area contributed by atoms with Gasteiger partial charge in [0.15, 0.2) is 0 Å². The summed E-state index contributed by atoms with van der Waals surface area (Å²) in [6.07, 6.45) is 1.30. The molecule has 1 aromatic carbocycles. The molecular weight excluding hydrogens is 242 g/mol. The second kappa shape index (κ2) is 7.79. The van der Waals surface area contributed by atoms with Gasteiger partial charge in [-0.15, -0.1) is 0 Å². The molecule has 0 fully saturated rings. The van der Waals surface area contributed by atoms with E-state index in [9.17, 15) is 9.90 Å². The second-order valence-corrected chi connectivity index (χ2v) is 4.70. The fourth-order valence-electron chi connectivity index (χ4n) is 1.74. The van der Waals surface area contributed by atoms with Crippen LogP contribution in [0, 0.1) is 0 Å². The molecular formula is C15H23NO3. The summed E-state index contributed by atoms with van der Waals surface area (Å²) in [7, 11) is 3.49. The fourth-order valence-corrected chi connectivity index (χ4v) is 1.74. The summed E-state index contributed by atoms with van der Waals surface area (Å²) >= 11 is 0. The molecule has 0 aliphatic rings. The first kappa shape index (κ1) is 15.5. The predicted molar refractivity (Wildman–Crippen MR) is 75.1 cm³/mol.